The van der Waals surface area contributed by atoms with Crippen molar-refractivity contribution in [3.05, 3.63) is 23.8 Å². The zero-order valence-electron chi connectivity index (χ0n) is 12.0. The number of phenolic OH excluding ortho intramolecular Hbond substituents is 1. The molecule has 1 aromatic rings. The molecule has 0 spiro atoms. The van der Waals surface area contributed by atoms with E-state index in [0.717, 1.165) is 0 Å². The third-order valence-electron chi connectivity index (χ3n) is 2.73. The van der Waals surface area contributed by atoms with Gasteiger partial charge in [-0.3, -0.25) is 9.59 Å². The molecule has 20 heavy (non-hydrogen) atoms. The van der Waals surface area contributed by atoms with Crippen molar-refractivity contribution in [2.75, 3.05) is 18.8 Å². The van der Waals surface area contributed by atoms with Gasteiger partial charge in [-0.2, -0.15) is 0 Å². The number of phenols is 1. The third kappa shape index (κ3) is 4.15. The number of likely N-dealkylation sites (N-methyl/N-ethyl adjacent to an activating group) is 1. The van der Waals surface area contributed by atoms with Crippen LogP contribution in [0.5, 0.6) is 5.75 Å². The molecule has 0 unspecified atom stereocenters. The number of nitrogen functional groups attached to an aromatic ring is 1. The van der Waals surface area contributed by atoms with Crippen LogP contribution in [-0.2, 0) is 4.79 Å². The Morgan fingerprint density at radius 3 is 2.55 bits per heavy atom. The number of nitrogens with zero attached hydrogens (tertiary/aromatic N) is 1. The second-order valence-corrected chi connectivity index (χ2v) is 4.82. The lowest BCUT2D eigenvalue weighted by Gasteiger charge is -2.21. The van der Waals surface area contributed by atoms with Crippen molar-refractivity contribution < 1.29 is 14.7 Å². The largest absolute Gasteiger partial charge is 0.506 e. The van der Waals surface area contributed by atoms with Crippen molar-refractivity contribution in [3.63, 3.8) is 0 Å². The molecule has 0 saturated heterocycles. The van der Waals surface area contributed by atoms with Crippen LogP contribution in [0.4, 0.5) is 5.69 Å². The van der Waals surface area contributed by atoms with Gasteiger partial charge >= 0.3 is 0 Å². The average Bonchev–Trinajstić information content (AvgIpc) is 2.37. The molecule has 4 N–H and O–H groups in total. The van der Waals surface area contributed by atoms with Crippen LogP contribution in [0.2, 0.25) is 0 Å². The second kappa shape index (κ2) is 6.79. The second-order valence-electron chi connectivity index (χ2n) is 4.82. The summed E-state index contributed by atoms with van der Waals surface area (Å²) >= 11 is 0. The Morgan fingerprint density at radius 1 is 1.40 bits per heavy atom. The first-order valence-corrected chi connectivity index (χ1v) is 6.52. The number of nitrogens with one attached hydrogen (secondary N) is 1. The number of aromatic hydroxyl groups is 1. The summed E-state index contributed by atoms with van der Waals surface area (Å²) in [5.74, 6) is -0.671. The van der Waals surface area contributed by atoms with Gasteiger partial charge in [0.05, 0.1) is 12.2 Å². The zero-order valence-corrected chi connectivity index (χ0v) is 12.0. The van der Waals surface area contributed by atoms with Crippen LogP contribution in [0.1, 0.15) is 31.1 Å². The predicted molar refractivity (Wildman–Crippen MR) is 77.4 cm³/mol. The van der Waals surface area contributed by atoms with Gasteiger partial charge < -0.3 is 21.1 Å². The number of hydrogen-bond donors (Lipinski definition) is 3. The zero-order chi connectivity index (χ0) is 15.3. The minimum absolute atomic E-state index is 0.0152. The molecule has 6 nitrogen and oxygen atoms in total. The lowest BCUT2D eigenvalue weighted by atomic mass is 10.1. The van der Waals surface area contributed by atoms with Gasteiger partial charge in [-0.15, -0.1) is 0 Å². The third-order valence-corrected chi connectivity index (χ3v) is 2.73. The highest BCUT2D eigenvalue weighted by Crippen LogP contribution is 2.21. The molecule has 0 aliphatic heterocycles. The molecule has 1 rings (SSSR count). The van der Waals surface area contributed by atoms with Crippen LogP contribution in [0.3, 0.4) is 0 Å². The summed E-state index contributed by atoms with van der Waals surface area (Å²) in [6.45, 7) is 5.88. The van der Waals surface area contributed by atoms with Crippen molar-refractivity contribution >= 4 is 17.5 Å². The van der Waals surface area contributed by atoms with Crippen molar-refractivity contribution in [2.24, 2.45) is 0 Å². The fourth-order valence-corrected chi connectivity index (χ4v) is 1.73. The molecule has 0 heterocycles. The van der Waals surface area contributed by atoms with Gasteiger partial charge in [0.2, 0.25) is 5.91 Å². The molecule has 1 aromatic carbocycles. The van der Waals surface area contributed by atoms with Gasteiger partial charge in [0, 0.05) is 18.2 Å². The molecule has 0 bridgehead atoms. The minimum atomic E-state index is -0.318. The van der Waals surface area contributed by atoms with Gasteiger partial charge in [0.15, 0.2) is 0 Å². The van der Waals surface area contributed by atoms with E-state index >= 15 is 0 Å². The molecular formula is C14H21N3O3. The summed E-state index contributed by atoms with van der Waals surface area (Å²) in [5, 5.41) is 12.3. The molecular weight excluding hydrogens is 258 g/mol. The Kier molecular flexibility index (Phi) is 5.37. The standard InChI is InChI=1S/C14H21N3O3/c1-4-17(8-13(19)16-9(2)3)14(20)10-5-6-11(15)12(18)7-10/h5-7,9,18H,4,8,15H2,1-3H3,(H,16,19). The Morgan fingerprint density at radius 2 is 2.05 bits per heavy atom. The van der Waals surface area contributed by atoms with Crippen LogP contribution in [0.25, 0.3) is 0 Å². The van der Waals surface area contributed by atoms with Crippen LogP contribution in [0, 0.1) is 0 Å². The smallest absolute Gasteiger partial charge is 0.254 e. The van der Waals surface area contributed by atoms with Crippen LogP contribution >= 0.6 is 0 Å². The summed E-state index contributed by atoms with van der Waals surface area (Å²) in [5.41, 5.74) is 6.01. The van der Waals surface area contributed by atoms with E-state index in [1.54, 1.807) is 6.92 Å². The number of nitrogens with two attached hydrogens (primary N) is 1. The van der Waals surface area contributed by atoms with Crippen molar-refractivity contribution in [1.29, 1.82) is 0 Å². The fourth-order valence-electron chi connectivity index (χ4n) is 1.73. The predicted octanol–water partition coefficient (Wildman–Crippen LogP) is 0.961. The Balaban J connectivity index is 2.81. The van der Waals surface area contributed by atoms with Crippen molar-refractivity contribution in [3.8, 4) is 5.75 Å². The maximum Gasteiger partial charge on any atom is 0.254 e. The molecule has 0 saturated carbocycles. The highest BCUT2D eigenvalue weighted by molar-refractivity contribution is 5.97. The maximum absolute atomic E-state index is 12.3. The topological polar surface area (TPSA) is 95.7 Å². The van der Waals surface area contributed by atoms with Gasteiger partial charge in [0.1, 0.15) is 5.75 Å². The van der Waals surface area contributed by atoms with E-state index in [-0.39, 0.29) is 35.8 Å². The van der Waals surface area contributed by atoms with E-state index in [9.17, 15) is 14.7 Å². The minimum Gasteiger partial charge on any atom is -0.506 e. The molecule has 0 radical (unpaired) electrons. The van der Waals surface area contributed by atoms with E-state index in [2.05, 4.69) is 5.32 Å². The van der Waals surface area contributed by atoms with E-state index in [1.165, 1.54) is 23.1 Å². The fraction of sp³-hybridized carbons (Fsp3) is 0.429. The van der Waals surface area contributed by atoms with E-state index in [0.29, 0.717) is 12.1 Å². The molecule has 0 fully saturated rings. The number of rotatable bonds is 5. The van der Waals surface area contributed by atoms with Crippen molar-refractivity contribution in [2.45, 2.75) is 26.8 Å². The monoisotopic (exact) mass is 279 g/mol. The summed E-state index contributed by atoms with van der Waals surface area (Å²) in [6.07, 6.45) is 0. The average molecular weight is 279 g/mol. The maximum atomic E-state index is 12.3. The molecule has 2 amide bonds. The van der Waals surface area contributed by atoms with Gasteiger partial charge in [0.25, 0.3) is 5.91 Å². The van der Waals surface area contributed by atoms with Gasteiger partial charge in [-0.1, -0.05) is 0 Å². The van der Waals surface area contributed by atoms with Crippen LogP contribution < -0.4 is 11.1 Å². The molecule has 0 aromatic heterocycles. The first-order chi connectivity index (χ1) is 9.35. The van der Waals surface area contributed by atoms with Crippen LogP contribution in [-0.4, -0.2) is 41.0 Å². The highest BCUT2D eigenvalue weighted by atomic mass is 16.3. The number of carbonyl (C=O) groups excluding carboxylic acids is 2. The molecule has 6 heteroatoms. The molecule has 110 valence electrons. The van der Waals surface area contributed by atoms with Crippen LogP contribution in [0.15, 0.2) is 18.2 Å². The lowest BCUT2D eigenvalue weighted by Crippen LogP contribution is -2.42. The Bertz CT molecular complexity index is 500. The van der Waals surface area contributed by atoms with Gasteiger partial charge in [-0.25, -0.2) is 0 Å². The SMILES string of the molecule is CCN(CC(=O)NC(C)C)C(=O)c1ccc(N)c(O)c1. The summed E-state index contributed by atoms with van der Waals surface area (Å²) in [6, 6.07) is 4.32. The quantitative estimate of drug-likeness (QED) is 0.552. The highest BCUT2D eigenvalue weighted by Gasteiger charge is 2.18. The number of carbonyl (C=O) groups is 2. The lowest BCUT2D eigenvalue weighted by molar-refractivity contribution is -0.122. The normalized spacial score (nSPS) is 10.4. The van der Waals surface area contributed by atoms with Crippen molar-refractivity contribution in [1.82, 2.24) is 10.2 Å². The number of anilines is 1. The molecule has 0 aliphatic rings. The Hall–Kier alpha value is -2.24. The summed E-state index contributed by atoms with van der Waals surface area (Å²) < 4.78 is 0. The van der Waals surface area contributed by atoms with E-state index < -0.39 is 0 Å². The molecule has 0 aliphatic carbocycles. The summed E-state index contributed by atoms with van der Waals surface area (Å²) in [4.78, 5) is 25.4. The molecule has 0 atom stereocenters. The first kappa shape index (κ1) is 15.8. The Labute approximate surface area is 118 Å². The van der Waals surface area contributed by atoms with E-state index in [4.69, 9.17) is 5.73 Å². The van der Waals surface area contributed by atoms with Gasteiger partial charge in [-0.05, 0) is 39.0 Å². The first-order valence-electron chi connectivity index (χ1n) is 6.52. The summed E-state index contributed by atoms with van der Waals surface area (Å²) in [7, 11) is 0. The van der Waals surface area contributed by atoms with E-state index in [1.807, 2.05) is 13.8 Å². The number of benzene rings is 1. The number of hydrogen-bond acceptors (Lipinski definition) is 4. The number of amides is 2.